The number of hydrogen-bond donors (Lipinski definition) is 1. The van der Waals surface area contributed by atoms with Crippen molar-refractivity contribution in [3.8, 4) is 17.1 Å². The molecule has 0 fully saturated rings. The summed E-state index contributed by atoms with van der Waals surface area (Å²) in [6, 6.07) is 11.8. The zero-order valence-corrected chi connectivity index (χ0v) is 13.3. The summed E-state index contributed by atoms with van der Waals surface area (Å²) in [7, 11) is 0. The van der Waals surface area contributed by atoms with Crippen molar-refractivity contribution < 1.29 is 13.5 Å². The number of aromatic nitrogens is 3. The molecule has 5 nitrogen and oxygen atoms in total. The minimum Gasteiger partial charge on any atom is -0.493 e. The number of nitrogens with zero attached hydrogens (tertiary/aromatic N) is 3. The van der Waals surface area contributed by atoms with Crippen molar-refractivity contribution in [1.82, 2.24) is 14.9 Å². The van der Waals surface area contributed by atoms with Gasteiger partial charge in [0.1, 0.15) is 17.4 Å². The Balaban J connectivity index is 1.57. The average Bonchev–Trinajstić information content (AvgIpc) is 2.94. The van der Waals surface area contributed by atoms with E-state index >= 15 is 0 Å². The van der Waals surface area contributed by atoms with Crippen molar-refractivity contribution in [3.63, 3.8) is 0 Å². The van der Waals surface area contributed by atoms with E-state index in [1.807, 2.05) is 0 Å². The van der Waals surface area contributed by atoms with Gasteiger partial charge in [-0.05, 0) is 36.4 Å². The minimum absolute atomic E-state index is 0.308. The summed E-state index contributed by atoms with van der Waals surface area (Å²) in [6.45, 7) is 0.401. The highest BCUT2D eigenvalue weighted by atomic mass is 32.2. The molecule has 2 aromatic carbocycles. The van der Waals surface area contributed by atoms with Crippen molar-refractivity contribution in [2.24, 2.45) is 0 Å². The van der Waals surface area contributed by atoms with Crippen LogP contribution in [0.3, 0.4) is 0 Å². The number of halogens is 2. The van der Waals surface area contributed by atoms with E-state index < -0.39 is 0 Å². The molecule has 0 saturated carbocycles. The molecule has 0 aliphatic carbocycles. The molecule has 24 heavy (non-hydrogen) atoms. The molecule has 1 heterocycles. The summed E-state index contributed by atoms with van der Waals surface area (Å²) in [6.07, 6.45) is 0. The SMILES string of the molecule is Nn1c(SCCOc2ccc(F)cc2)nnc1-c1cccc(F)c1. The van der Waals surface area contributed by atoms with E-state index in [1.165, 1.54) is 40.7 Å². The lowest BCUT2D eigenvalue weighted by molar-refractivity contribution is 0.343. The average molecular weight is 348 g/mol. The van der Waals surface area contributed by atoms with Gasteiger partial charge in [-0.3, -0.25) is 0 Å². The highest BCUT2D eigenvalue weighted by Gasteiger charge is 2.12. The third kappa shape index (κ3) is 3.83. The van der Waals surface area contributed by atoms with Crippen LogP contribution in [0.5, 0.6) is 5.75 Å². The third-order valence-electron chi connectivity index (χ3n) is 3.14. The van der Waals surface area contributed by atoms with Gasteiger partial charge in [0.25, 0.3) is 0 Å². The molecule has 0 radical (unpaired) electrons. The summed E-state index contributed by atoms with van der Waals surface area (Å²) in [5.41, 5.74) is 0.555. The lowest BCUT2D eigenvalue weighted by Gasteiger charge is -2.06. The van der Waals surface area contributed by atoms with Crippen LogP contribution in [0.25, 0.3) is 11.4 Å². The van der Waals surface area contributed by atoms with Gasteiger partial charge in [-0.25, -0.2) is 13.5 Å². The molecule has 124 valence electrons. The first-order valence-electron chi connectivity index (χ1n) is 7.11. The zero-order chi connectivity index (χ0) is 16.9. The van der Waals surface area contributed by atoms with E-state index in [4.69, 9.17) is 10.6 Å². The van der Waals surface area contributed by atoms with Crippen molar-refractivity contribution >= 4 is 11.8 Å². The maximum Gasteiger partial charge on any atom is 0.210 e. The minimum atomic E-state index is -0.364. The molecule has 3 rings (SSSR count). The Labute approximate surface area is 141 Å². The first-order valence-corrected chi connectivity index (χ1v) is 8.09. The van der Waals surface area contributed by atoms with Gasteiger partial charge in [0.05, 0.1) is 6.61 Å². The summed E-state index contributed by atoms with van der Waals surface area (Å²) in [5, 5.41) is 8.49. The van der Waals surface area contributed by atoms with E-state index in [0.717, 1.165) is 0 Å². The maximum atomic E-state index is 13.3. The first kappa shape index (κ1) is 16.3. The normalized spacial score (nSPS) is 10.8. The monoisotopic (exact) mass is 348 g/mol. The van der Waals surface area contributed by atoms with Crippen LogP contribution in [0, 0.1) is 11.6 Å². The van der Waals surface area contributed by atoms with Gasteiger partial charge in [-0.1, -0.05) is 23.9 Å². The fraction of sp³-hybridized carbons (Fsp3) is 0.125. The largest absolute Gasteiger partial charge is 0.493 e. The van der Waals surface area contributed by atoms with Gasteiger partial charge in [0, 0.05) is 11.3 Å². The van der Waals surface area contributed by atoms with Gasteiger partial charge in [-0.2, -0.15) is 0 Å². The molecule has 0 amide bonds. The van der Waals surface area contributed by atoms with Crippen LogP contribution in [-0.2, 0) is 0 Å². The second kappa shape index (κ2) is 7.31. The van der Waals surface area contributed by atoms with Crippen LogP contribution in [0.15, 0.2) is 53.7 Å². The van der Waals surface area contributed by atoms with E-state index in [9.17, 15) is 8.78 Å². The number of benzene rings is 2. The smallest absolute Gasteiger partial charge is 0.210 e. The number of ether oxygens (including phenoxy) is 1. The standard InChI is InChI=1S/C16H14F2N4OS/c17-12-4-6-14(7-5-12)23-8-9-24-16-21-20-15(22(16)19)11-2-1-3-13(18)10-11/h1-7,10H,8-9,19H2. The molecule has 2 N–H and O–H groups in total. The van der Waals surface area contributed by atoms with Gasteiger partial charge in [0.15, 0.2) is 5.82 Å². The summed E-state index contributed by atoms with van der Waals surface area (Å²) < 4.78 is 32.9. The van der Waals surface area contributed by atoms with Gasteiger partial charge >= 0.3 is 0 Å². The third-order valence-corrected chi connectivity index (χ3v) is 4.05. The molecule has 3 aromatic rings. The predicted octanol–water partition coefficient (Wildman–Crippen LogP) is 3.11. The second-order valence-corrected chi connectivity index (χ2v) is 5.90. The molecule has 0 aliphatic rings. The Kier molecular flexibility index (Phi) is 4.95. The van der Waals surface area contributed by atoms with E-state index in [1.54, 1.807) is 24.3 Å². The van der Waals surface area contributed by atoms with Gasteiger partial charge in [0.2, 0.25) is 5.16 Å². The van der Waals surface area contributed by atoms with E-state index in [-0.39, 0.29) is 11.6 Å². The number of thioether (sulfide) groups is 1. The maximum absolute atomic E-state index is 13.3. The quantitative estimate of drug-likeness (QED) is 0.421. The molecule has 0 bridgehead atoms. The molecular weight excluding hydrogens is 334 g/mol. The van der Waals surface area contributed by atoms with Crippen LogP contribution in [0.1, 0.15) is 0 Å². The van der Waals surface area contributed by atoms with Crippen molar-refractivity contribution in [2.75, 3.05) is 18.2 Å². The van der Waals surface area contributed by atoms with Crippen molar-refractivity contribution in [3.05, 3.63) is 60.2 Å². The molecular formula is C16H14F2N4OS. The summed E-state index contributed by atoms with van der Waals surface area (Å²) >= 11 is 1.36. The Bertz CT molecular complexity index is 823. The molecule has 0 aliphatic heterocycles. The molecule has 1 aromatic heterocycles. The van der Waals surface area contributed by atoms with Crippen LogP contribution >= 0.6 is 11.8 Å². The zero-order valence-electron chi connectivity index (χ0n) is 12.5. The molecule has 8 heteroatoms. The van der Waals surface area contributed by atoms with E-state index in [2.05, 4.69) is 10.2 Å². The lowest BCUT2D eigenvalue weighted by Crippen LogP contribution is -2.12. The van der Waals surface area contributed by atoms with Crippen molar-refractivity contribution in [2.45, 2.75) is 5.16 Å². The second-order valence-electron chi connectivity index (χ2n) is 4.84. The Morgan fingerprint density at radius 2 is 1.83 bits per heavy atom. The first-order chi connectivity index (χ1) is 11.6. The molecule has 0 spiro atoms. The Morgan fingerprint density at radius 1 is 1.04 bits per heavy atom. The summed E-state index contributed by atoms with van der Waals surface area (Å²) in [4.78, 5) is 0. The fourth-order valence-electron chi connectivity index (χ4n) is 2.02. The van der Waals surface area contributed by atoms with Gasteiger partial charge in [-0.15, -0.1) is 10.2 Å². The van der Waals surface area contributed by atoms with Crippen LogP contribution < -0.4 is 10.6 Å². The van der Waals surface area contributed by atoms with Crippen LogP contribution in [0.4, 0.5) is 8.78 Å². The van der Waals surface area contributed by atoms with Crippen molar-refractivity contribution in [1.29, 1.82) is 0 Å². The van der Waals surface area contributed by atoms with Crippen LogP contribution in [0.2, 0.25) is 0 Å². The summed E-state index contributed by atoms with van der Waals surface area (Å²) in [5.74, 6) is 6.84. The fourth-order valence-corrected chi connectivity index (χ4v) is 2.70. The molecule has 0 atom stereocenters. The molecule has 0 unspecified atom stereocenters. The van der Waals surface area contributed by atoms with Crippen LogP contribution in [-0.4, -0.2) is 27.2 Å². The lowest BCUT2D eigenvalue weighted by atomic mass is 10.2. The Morgan fingerprint density at radius 3 is 2.58 bits per heavy atom. The number of rotatable bonds is 6. The highest BCUT2D eigenvalue weighted by Crippen LogP contribution is 2.22. The predicted molar refractivity (Wildman–Crippen MR) is 88.2 cm³/mol. The number of hydrogen-bond acceptors (Lipinski definition) is 5. The Hall–Kier alpha value is -2.61. The number of nitrogens with two attached hydrogens (primary N) is 1. The highest BCUT2D eigenvalue weighted by molar-refractivity contribution is 7.99. The van der Waals surface area contributed by atoms with Gasteiger partial charge < -0.3 is 10.6 Å². The topological polar surface area (TPSA) is 66.0 Å². The molecule has 0 saturated heterocycles. The van der Waals surface area contributed by atoms with E-state index in [0.29, 0.717) is 34.7 Å². The number of nitrogen functional groups attached to an aromatic ring is 1.